The molecule has 29 heavy (non-hydrogen) atoms. The first-order chi connectivity index (χ1) is 13.6. The molecule has 1 heterocycles. The number of aliphatic imine (C=N–C) groups is 1. The van der Waals surface area contributed by atoms with Crippen molar-refractivity contribution in [3.05, 3.63) is 71.3 Å². The zero-order valence-corrected chi connectivity index (χ0v) is 18.9. The number of likely N-dealkylation sites (tertiary alicyclic amines) is 1. The van der Waals surface area contributed by atoms with Crippen molar-refractivity contribution in [2.75, 3.05) is 33.3 Å². The molecule has 3 rings (SSSR count). The molecule has 1 aliphatic heterocycles. The molecule has 1 N–H and O–H groups in total. The Morgan fingerprint density at radius 2 is 1.86 bits per heavy atom. The van der Waals surface area contributed by atoms with Crippen molar-refractivity contribution >= 4 is 29.9 Å². The summed E-state index contributed by atoms with van der Waals surface area (Å²) in [5.41, 5.74) is 1.82. The topological polar surface area (TPSA) is 36.9 Å². The fourth-order valence-corrected chi connectivity index (χ4v) is 3.48. The number of halogens is 3. The van der Waals surface area contributed by atoms with E-state index in [1.807, 2.05) is 18.2 Å². The highest BCUT2D eigenvalue weighted by molar-refractivity contribution is 14.0. The molecule has 1 saturated heterocycles. The van der Waals surface area contributed by atoms with Crippen LogP contribution in [0.25, 0.3) is 0 Å². The van der Waals surface area contributed by atoms with Gasteiger partial charge in [0.15, 0.2) is 5.96 Å². The number of nitrogens with one attached hydrogen (secondary N) is 1. The Morgan fingerprint density at radius 1 is 1.14 bits per heavy atom. The van der Waals surface area contributed by atoms with Gasteiger partial charge >= 0.3 is 0 Å². The van der Waals surface area contributed by atoms with Crippen LogP contribution in [0, 0.1) is 17.6 Å². The van der Waals surface area contributed by atoms with Crippen LogP contribution in [-0.4, -0.2) is 44.1 Å². The van der Waals surface area contributed by atoms with E-state index in [1.165, 1.54) is 17.7 Å². The third-order valence-corrected chi connectivity index (χ3v) is 4.88. The Morgan fingerprint density at radius 3 is 2.55 bits per heavy atom. The third kappa shape index (κ3) is 7.54. The van der Waals surface area contributed by atoms with Crippen molar-refractivity contribution in [1.29, 1.82) is 0 Å². The van der Waals surface area contributed by atoms with Gasteiger partial charge in [-0.05, 0) is 36.1 Å². The lowest BCUT2D eigenvalue weighted by Crippen LogP contribution is -2.41. The molecule has 0 radical (unpaired) electrons. The maximum absolute atomic E-state index is 13.3. The van der Waals surface area contributed by atoms with E-state index in [-0.39, 0.29) is 24.0 Å². The van der Waals surface area contributed by atoms with Gasteiger partial charge in [-0.2, -0.15) is 0 Å². The number of rotatable bonds is 7. The van der Waals surface area contributed by atoms with Crippen LogP contribution in [0.1, 0.15) is 17.5 Å². The lowest BCUT2D eigenvalue weighted by molar-refractivity contribution is 0.0907. The minimum Gasteiger partial charge on any atom is -0.376 e. The molecule has 0 aliphatic carbocycles. The summed E-state index contributed by atoms with van der Waals surface area (Å²) in [6.07, 6.45) is 1.59. The van der Waals surface area contributed by atoms with Crippen LogP contribution in [0.2, 0.25) is 0 Å². The maximum atomic E-state index is 13.3. The predicted molar refractivity (Wildman–Crippen MR) is 123 cm³/mol. The standard InChI is InChI=1S/C22H27F2N3O.HI/c1-25-22(26-9-7-18-11-20(23)13-21(24)12-18)27-10-8-19(14-27)16-28-15-17-5-3-2-4-6-17;/h2-6,11-13,19H,7-10,14-16H2,1H3,(H,25,26);1H. The molecular formula is C22H28F2IN3O. The van der Waals surface area contributed by atoms with E-state index >= 15 is 0 Å². The van der Waals surface area contributed by atoms with Crippen LogP contribution >= 0.6 is 24.0 Å². The monoisotopic (exact) mass is 515 g/mol. The molecule has 7 heteroatoms. The number of benzene rings is 2. The van der Waals surface area contributed by atoms with Gasteiger partial charge in [-0.15, -0.1) is 24.0 Å². The van der Waals surface area contributed by atoms with E-state index < -0.39 is 11.6 Å². The normalized spacial score (nSPS) is 16.6. The molecule has 1 aliphatic rings. The number of nitrogens with zero attached hydrogens (tertiary/aromatic N) is 2. The van der Waals surface area contributed by atoms with Crippen LogP contribution < -0.4 is 5.32 Å². The Balaban J connectivity index is 0.00000300. The van der Waals surface area contributed by atoms with Crippen molar-refractivity contribution in [2.24, 2.45) is 10.9 Å². The smallest absolute Gasteiger partial charge is 0.193 e. The van der Waals surface area contributed by atoms with Gasteiger partial charge in [0, 0.05) is 38.7 Å². The van der Waals surface area contributed by atoms with Crippen LogP contribution in [0.15, 0.2) is 53.5 Å². The molecule has 1 fully saturated rings. The molecule has 1 unspecified atom stereocenters. The second-order valence-corrected chi connectivity index (χ2v) is 7.10. The first-order valence-electron chi connectivity index (χ1n) is 9.66. The quantitative estimate of drug-likeness (QED) is 0.341. The summed E-state index contributed by atoms with van der Waals surface area (Å²) >= 11 is 0. The van der Waals surface area contributed by atoms with Gasteiger partial charge in [-0.1, -0.05) is 30.3 Å². The Bertz CT molecular complexity index is 769. The van der Waals surface area contributed by atoms with Gasteiger partial charge in [0.05, 0.1) is 13.2 Å². The number of ether oxygens (including phenoxy) is 1. The molecule has 0 amide bonds. The average Bonchev–Trinajstić information content (AvgIpc) is 3.14. The molecule has 4 nitrogen and oxygen atoms in total. The highest BCUT2D eigenvalue weighted by Gasteiger charge is 2.24. The summed E-state index contributed by atoms with van der Waals surface area (Å²) in [4.78, 5) is 6.55. The van der Waals surface area contributed by atoms with E-state index in [2.05, 4.69) is 27.3 Å². The van der Waals surface area contributed by atoms with E-state index in [1.54, 1.807) is 7.05 Å². The van der Waals surface area contributed by atoms with Crippen LogP contribution in [0.5, 0.6) is 0 Å². The molecule has 0 aromatic heterocycles. The van der Waals surface area contributed by atoms with Crippen LogP contribution in [0.4, 0.5) is 8.78 Å². The van der Waals surface area contributed by atoms with Gasteiger partial charge in [-0.3, -0.25) is 4.99 Å². The average molecular weight is 515 g/mol. The van der Waals surface area contributed by atoms with E-state index in [0.717, 1.165) is 38.1 Å². The molecular weight excluding hydrogens is 487 g/mol. The third-order valence-electron chi connectivity index (χ3n) is 4.88. The molecule has 0 saturated carbocycles. The maximum Gasteiger partial charge on any atom is 0.193 e. The summed E-state index contributed by atoms with van der Waals surface area (Å²) in [6, 6.07) is 13.8. The number of hydrogen-bond donors (Lipinski definition) is 1. The van der Waals surface area contributed by atoms with Gasteiger partial charge in [0.25, 0.3) is 0 Å². The molecule has 2 aromatic carbocycles. The fraction of sp³-hybridized carbons (Fsp3) is 0.409. The Labute approximate surface area is 188 Å². The highest BCUT2D eigenvalue weighted by atomic mass is 127. The van der Waals surface area contributed by atoms with E-state index in [9.17, 15) is 8.78 Å². The van der Waals surface area contributed by atoms with Gasteiger partial charge in [0.1, 0.15) is 11.6 Å². The molecule has 1 atom stereocenters. The first kappa shape index (κ1) is 23.5. The van der Waals surface area contributed by atoms with Crippen molar-refractivity contribution < 1.29 is 13.5 Å². The summed E-state index contributed by atoms with van der Waals surface area (Å²) in [5, 5.41) is 3.29. The van der Waals surface area contributed by atoms with E-state index in [0.29, 0.717) is 31.1 Å². The van der Waals surface area contributed by atoms with Crippen LogP contribution in [-0.2, 0) is 17.8 Å². The van der Waals surface area contributed by atoms with Crippen molar-refractivity contribution in [2.45, 2.75) is 19.4 Å². The summed E-state index contributed by atoms with van der Waals surface area (Å²) in [7, 11) is 1.75. The molecule has 0 bridgehead atoms. The zero-order chi connectivity index (χ0) is 19.8. The summed E-state index contributed by atoms with van der Waals surface area (Å²) in [5.74, 6) is 0.205. The zero-order valence-electron chi connectivity index (χ0n) is 16.6. The number of hydrogen-bond acceptors (Lipinski definition) is 2. The SMILES string of the molecule is CN=C(NCCc1cc(F)cc(F)c1)N1CCC(COCc2ccccc2)C1.I. The van der Waals surface area contributed by atoms with Crippen molar-refractivity contribution in [1.82, 2.24) is 10.2 Å². The second-order valence-electron chi connectivity index (χ2n) is 7.10. The Kier molecular flexibility index (Phi) is 9.80. The molecule has 0 spiro atoms. The second kappa shape index (κ2) is 12.1. The molecule has 158 valence electrons. The lowest BCUT2D eigenvalue weighted by Gasteiger charge is -2.21. The van der Waals surface area contributed by atoms with Crippen molar-refractivity contribution in [3.63, 3.8) is 0 Å². The van der Waals surface area contributed by atoms with Crippen LogP contribution in [0.3, 0.4) is 0 Å². The summed E-state index contributed by atoms with van der Waals surface area (Å²) in [6.45, 7) is 3.75. The minimum absolute atomic E-state index is 0. The van der Waals surface area contributed by atoms with Gasteiger partial charge < -0.3 is 15.0 Å². The summed E-state index contributed by atoms with van der Waals surface area (Å²) < 4.78 is 32.4. The first-order valence-corrected chi connectivity index (χ1v) is 9.66. The molecule has 2 aromatic rings. The fourth-order valence-electron chi connectivity index (χ4n) is 3.48. The Hall–Kier alpha value is -1.74. The lowest BCUT2D eigenvalue weighted by atomic mass is 10.1. The highest BCUT2D eigenvalue weighted by Crippen LogP contribution is 2.17. The van der Waals surface area contributed by atoms with E-state index in [4.69, 9.17) is 4.74 Å². The predicted octanol–water partition coefficient (Wildman–Crippen LogP) is 4.24. The minimum atomic E-state index is -0.544. The van der Waals surface area contributed by atoms with Crippen molar-refractivity contribution in [3.8, 4) is 0 Å². The number of guanidine groups is 1. The van der Waals surface area contributed by atoms with Gasteiger partial charge in [-0.25, -0.2) is 8.78 Å². The largest absolute Gasteiger partial charge is 0.376 e. The van der Waals surface area contributed by atoms with Gasteiger partial charge in [0.2, 0.25) is 0 Å².